The fourth-order valence-electron chi connectivity index (χ4n) is 3.25. The van der Waals surface area contributed by atoms with E-state index in [4.69, 9.17) is 5.26 Å². The van der Waals surface area contributed by atoms with Gasteiger partial charge in [-0.3, -0.25) is 9.59 Å². The quantitative estimate of drug-likeness (QED) is 0.719. The number of fused-ring (bicyclic) bond motifs is 1. The molecule has 142 valence electrons. The van der Waals surface area contributed by atoms with E-state index >= 15 is 0 Å². The molecule has 9 heteroatoms. The van der Waals surface area contributed by atoms with Crippen molar-refractivity contribution in [2.24, 2.45) is 0 Å². The van der Waals surface area contributed by atoms with Gasteiger partial charge in [0.15, 0.2) is 0 Å². The van der Waals surface area contributed by atoms with Crippen LogP contribution >= 0.6 is 11.3 Å². The SMILES string of the molecule is N#Cc1ccc(N2CCN(C(=O)CCc3nc4ccsc4c(=O)[nH]3)CC2)nc1. The van der Waals surface area contributed by atoms with Gasteiger partial charge in [0.25, 0.3) is 5.56 Å². The van der Waals surface area contributed by atoms with Gasteiger partial charge < -0.3 is 14.8 Å². The Morgan fingerprint density at radius 2 is 2.07 bits per heavy atom. The number of carbonyl (C=O) groups is 1. The number of anilines is 1. The van der Waals surface area contributed by atoms with Crippen molar-refractivity contribution in [3.8, 4) is 6.07 Å². The third-order valence-electron chi connectivity index (χ3n) is 4.77. The van der Waals surface area contributed by atoms with Gasteiger partial charge in [-0.25, -0.2) is 9.97 Å². The summed E-state index contributed by atoms with van der Waals surface area (Å²) in [6.45, 7) is 2.63. The lowest BCUT2D eigenvalue weighted by molar-refractivity contribution is -0.131. The Balaban J connectivity index is 1.32. The van der Waals surface area contributed by atoms with Crippen LogP contribution in [0.3, 0.4) is 0 Å². The summed E-state index contributed by atoms with van der Waals surface area (Å²) in [5.41, 5.74) is 1.07. The van der Waals surface area contributed by atoms with Crippen molar-refractivity contribution in [1.82, 2.24) is 19.9 Å². The topological polar surface area (TPSA) is 106 Å². The van der Waals surface area contributed by atoms with E-state index in [0.29, 0.717) is 60.6 Å². The van der Waals surface area contributed by atoms with E-state index in [0.717, 1.165) is 5.82 Å². The lowest BCUT2D eigenvalue weighted by atomic mass is 10.2. The highest BCUT2D eigenvalue weighted by Gasteiger charge is 2.22. The fourth-order valence-corrected chi connectivity index (χ4v) is 3.97. The zero-order chi connectivity index (χ0) is 19.5. The number of thiophene rings is 1. The van der Waals surface area contributed by atoms with Crippen LogP contribution in [0.5, 0.6) is 0 Å². The molecule has 1 fully saturated rings. The average molecular weight is 394 g/mol. The molecule has 0 spiro atoms. The van der Waals surface area contributed by atoms with Crippen molar-refractivity contribution < 1.29 is 4.79 Å². The zero-order valence-electron chi connectivity index (χ0n) is 15.1. The highest BCUT2D eigenvalue weighted by Crippen LogP contribution is 2.16. The number of H-pyrrole nitrogens is 1. The summed E-state index contributed by atoms with van der Waals surface area (Å²) >= 11 is 1.36. The summed E-state index contributed by atoms with van der Waals surface area (Å²) in [6, 6.07) is 7.45. The Morgan fingerprint density at radius 1 is 1.25 bits per heavy atom. The van der Waals surface area contributed by atoms with Crippen LogP contribution in [0, 0.1) is 11.3 Å². The molecule has 4 rings (SSSR count). The predicted molar refractivity (Wildman–Crippen MR) is 106 cm³/mol. The monoisotopic (exact) mass is 394 g/mol. The smallest absolute Gasteiger partial charge is 0.268 e. The predicted octanol–water partition coefficient (Wildman–Crippen LogP) is 1.53. The molecule has 1 aliphatic heterocycles. The summed E-state index contributed by atoms with van der Waals surface area (Å²) in [7, 11) is 0. The zero-order valence-corrected chi connectivity index (χ0v) is 15.9. The number of pyridine rings is 1. The van der Waals surface area contributed by atoms with E-state index in [1.807, 2.05) is 22.4 Å². The van der Waals surface area contributed by atoms with Crippen LogP contribution in [0.25, 0.3) is 10.2 Å². The summed E-state index contributed by atoms with van der Waals surface area (Å²) in [5, 5.41) is 10.7. The molecular weight excluding hydrogens is 376 g/mol. The Morgan fingerprint density at radius 3 is 2.79 bits per heavy atom. The number of hydrogen-bond acceptors (Lipinski definition) is 7. The maximum atomic E-state index is 12.5. The highest BCUT2D eigenvalue weighted by molar-refractivity contribution is 7.17. The van der Waals surface area contributed by atoms with Crippen LogP contribution < -0.4 is 10.5 Å². The van der Waals surface area contributed by atoms with E-state index in [1.54, 1.807) is 12.3 Å². The minimum atomic E-state index is -0.147. The van der Waals surface area contributed by atoms with Crippen LogP contribution in [0.2, 0.25) is 0 Å². The first-order valence-electron chi connectivity index (χ1n) is 8.99. The summed E-state index contributed by atoms with van der Waals surface area (Å²) in [5.74, 6) is 1.42. The number of aromatic amines is 1. The van der Waals surface area contributed by atoms with Crippen molar-refractivity contribution >= 4 is 33.3 Å². The van der Waals surface area contributed by atoms with Gasteiger partial charge in [-0.2, -0.15) is 5.26 Å². The minimum absolute atomic E-state index is 0.0560. The largest absolute Gasteiger partial charge is 0.353 e. The lowest BCUT2D eigenvalue weighted by Gasteiger charge is -2.35. The van der Waals surface area contributed by atoms with Gasteiger partial charge in [-0.05, 0) is 23.6 Å². The average Bonchev–Trinajstić information content (AvgIpc) is 3.21. The number of carbonyl (C=O) groups excluding carboxylic acids is 1. The number of nitriles is 1. The second-order valence-corrected chi connectivity index (χ2v) is 7.45. The first kappa shape index (κ1) is 18.1. The van der Waals surface area contributed by atoms with E-state index in [9.17, 15) is 9.59 Å². The maximum Gasteiger partial charge on any atom is 0.268 e. The number of nitrogens with one attached hydrogen (secondary N) is 1. The van der Waals surface area contributed by atoms with Crippen LogP contribution in [0.4, 0.5) is 5.82 Å². The molecule has 0 unspecified atom stereocenters. The molecule has 0 radical (unpaired) electrons. The molecule has 3 aromatic rings. The second kappa shape index (κ2) is 7.78. The van der Waals surface area contributed by atoms with Gasteiger partial charge in [0.05, 0.1) is 11.1 Å². The number of aryl methyl sites for hydroxylation is 1. The molecule has 1 N–H and O–H groups in total. The number of amides is 1. The normalized spacial score (nSPS) is 14.2. The molecule has 0 saturated carbocycles. The number of aromatic nitrogens is 3. The molecule has 1 aliphatic rings. The van der Waals surface area contributed by atoms with E-state index in [-0.39, 0.29) is 11.5 Å². The van der Waals surface area contributed by atoms with Crippen molar-refractivity contribution in [2.45, 2.75) is 12.8 Å². The summed E-state index contributed by atoms with van der Waals surface area (Å²) in [4.78, 5) is 40.0. The first-order valence-corrected chi connectivity index (χ1v) is 9.87. The molecule has 8 nitrogen and oxygen atoms in total. The number of piperazine rings is 1. The van der Waals surface area contributed by atoms with Crippen molar-refractivity contribution in [1.29, 1.82) is 5.26 Å². The van der Waals surface area contributed by atoms with Crippen molar-refractivity contribution in [2.75, 3.05) is 31.1 Å². The highest BCUT2D eigenvalue weighted by atomic mass is 32.1. The Labute approximate surface area is 165 Å². The summed E-state index contributed by atoms with van der Waals surface area (Å²) in [6.07, 6.45) is 2.29. The fraction of sp³-hybridized carbons (Fsp3) is 0.316. The molecule has 3 aromatic heterocycles. The van der Waals surface area contributed by atoms with Crippen molar-refractivity contribution in [3.05, 3.63) is 51.5 Å². The number of nitrogens with zero attached hydrogens (tertiary/aromatic N) is 5. The standard InChI is InChI=1S/C19H18N6O2S/c20-11-13-1-3-16(21-12-13)24-6-8-25(9-7-24)17(26)4-2-15-22-14-5-10-28-18(14)19(27)23-15/h1,3,5,10,12H,2,4,6-9H2,(H,22,23,27). The van der Waals surface area contributed by atoms with E-state index in [2.05, 4.69) is 25.9 Å². The lowest BCUT2D eigenvalue weighted by Crippen LogP contribution is -2.49. The van der Waals surface area contributed by atoms with Crippen LogP contribution in [0.1, 0.15) is 17.8 Å². The molecule has 1 amide bonds. The van der Waals surface area contributed by atoms with Gasteiger partial charge in [-0.1, -0.05) is 0 Å². The number of rotatable bonds is 4. The minimum Gasteiger partial charge on any atom is -0.353 e. The molecule has 0 bridgehead atoms. The van der Waals surface area contributed by atoms with Crippen LogP contribution in [-0.2, 0) is 11.2 Å². The third-order valence-corrected chi connectivity index (χ3v) is 5.68. The molecular formula is C19H18N6O2S. The van der Waals surface area contributed by atoms with Gasteiger partial charge in [0.2, 0.25) is 5.91 Å². The maximum absolute atomic E-state index is 12.5. The third kappa shape index (κ3) is 3.73. The van der Waals surface area contributed by atoms with Crippen LogP contribution in [0.15, 0.2) is 34.6 Å². The molecule has 0 aliphatic carbocycles. The Hall–Kier alpha value is -3.25. The molecule has 0 atom stereocenters. The van der Waals surface area contributed by atoms with E-state index < -0.39 is 0 Å². The Kier molecular flexibility index (Phi) is 5.04. The van der Waals surface area contributed by atoms with Crippen molar-refractivity contribution in [3.63, 3.8) is 0 Å². The molecule has 0 aromatic carbocycles. The first-order chi connectivity index (χ1) is 13.6. The second-order valence-electron chi connectivity index (χ2n) is 6.53. The number of hydrogen-bond donors (Lipinski definition) is 1. The van der Waals surface area contributed by atoms with Crippen LogP contribution in [-0.4, -0.2) is 51.9 Å². The van der Waals surface area contributed by atoms with Gasteiger partial charge in [0.1, 0.15) is 22.4 Å². The molecule has 1 saturated heterocycles. The van der Waals surface area contributed by atoms with Gasteiger partial charge in [0, 0.05) is 45.2 Å². The molecule has 28 heavy (non-hydrogen) atoms. The van der Waals surface area contributed by atoms with Gasteiger partial charge >= 0.3 is 0 Å². The van der Waals surface area contributed by atoms with E-state index in [1.165, 1.54) is 11.3 Å². The van der Waals surface area contributed by atoms with Gasteiger partial charge in [-0.15, -0.1) is 11.3 Å². The Bertz CT molecular complexity index is 1090. The molecule has 4 heterocycles. The summed E-state index contributed by atoms with van der Waals surface area (Å²) < 4.78 is 0.614.